The standard InChI is InChI=1S/C67H53N/c1-6-19-48(20-7-1)49-33-35-50(36-34-49)51-37-41-57(42-38-51)68(58-43-39-54(40-44-58)61-30-17-16-29-60(61)52-21-8-2-9-22-52)59-45-46-63-65(47-59)67(55-25-12-4-13-26-55,56-27-14-5-15-28-56)64-32-18-31-62(66(63)64)53-23-10-3-11-24-53/h2-5,8-18,21-48H,1,6-7,19-20H2. The fraction of sp³-hybridized carbons (Fsp3) is 0.104. The van der Waals surface area contributed by atoms with Crippen molar-refractivity contribution in [2.75, 3.05) is 4.90 Å². The van der Waals surface area contributed by atoms with Gasteiger partial charge >= 0.3 is 0 Å². The lowest BCUT2D eigenvalue weighted by Gasteiger charge is -2.35. The van der Waals surface area contributed by atoms with Crippen molar-refractivity contribution in [1.29, 1.82) is 0 Å². The third-order valence-electron chi connectivity index (χ3n) is 14.8. The predicted molar refractivity (Wildman–Crippen MR) is 286 cm³/mol. The van der Waals surface area contributed by atoms with E-state index in [4.69, 9.17) is 0 Å². The van der Waals surface area contributed by atoms with E-state index in [0.717, 1.165) is 17.1 Å². The van der Waals surface area contributed by atoms with Crippen LogP contribution in [0.3, 0.4) is 0 Å². The van der Waals surface area contributed by atoms with Crippen molar-refractivity contribution in [2.45, 2.75) is 43.4 Å². The molecule has 10 aromatic rings. The summed E-state index contributed by atoms with van der Waals surface area (Å²) in [6.07, 6.45) is 6.69. The summed E-state index contributed by atoms with van der Waals surface area (Å²) in [5.74, 6) is 0.694. The summed E-state index contributed by atoms with van der Waals surface area (Å²) in [7, 11) is 0. The highest BCUT2D eigenvalue weighted by molar-refractivity contribution is 5.97. The Bertz CT molecular complexity index is 3270. The number of nitrogens with zero attached hydrogens (tertiary/aromatic N) is 1. The summed E-state index contributed by atoms with van der Waals surface area (Å²) in [5.41, 5.74) is 21.6. The summed E-state index contributed by atoms with van der Waals surface area (Å²) in [4.78, 5) is 2.45. The minimum Gasteiger partial charge on any atom is -0.310 e. The summed E-state index contributed by atoms with van der Waals surface area (Å²) in [6, 6.07) is 94.6. The minimum absolute atomic E-state index is 0.571. The molecule has 10 aromatic carbocycles. The molecule has 2 aliphatic rings. The largest absolute Gasteiger partial charge is 0.310 e. The molecule has 0 atom stereocenters. The lowest BCUT2D eigenvalue weighted by atomic mass is 9.67. The topological polar surface area (TPSA) is 3.24 Å². The van der Waals surface area contributed by atoms with Gasteiger partial charge in [0.2, 0.25) is 0 Å². The van der Waals surface area contributed by atoms with Crippen LogP contribution in [0.25, 0.3) is 55.6 Å². The highest BCUT2D eigenvalue weighted by Crippen LogP contribution is 2.59. The molecule has 1 saturated carbocycles. The van der Waals surface area contributed by atoms with Crippen molar-refractivity contribution in [3.63, 3.8) is 0 Å². The number of hydrogen-bond donors (Lipinski definition) is 0. The minimum atomic E-state index is -0.571. The van der Waals surface area contributed by atoms with Crippen molar-refractivity contribution in [2.24, 2.45) is 0 Å². The molecule has 326 valence electrons. The molecule has 0 spiro atoms. The normalized spacial score (nSPS) is 13.9. The second kappa shape index (κ2) is 18.0. The van der Waals surface area contributed by atoms with E-state index in [9.17, 15) is 0 Å². The third-order valence-corrected chi connectivity index (χ3v) is 14.8. The fourth-order valence-corrected chi connectivity index (χ4v) is 11.6. The Kier molecular flexibility index (Phi) is 11.0. The van der Waals surface area contributed by atoms with Crippen molar-refractivity contribution in [1.82, 2.24) is 0 Å². The van der Waals surface area contributed by atoms with Gasteiger partial charge in [0.1, 0.15) is 0 Å². The number of fused-ring (bicyclic) bond motifs is 3. The molecule has 0 amide bonds. The fourth-order valence-electron chi connectivity index (χ4n) is 11.6. The van der Waals surface area contributed by atoms with Crippen LogP contribution in [0.1, 0.15) is 65.8 Å². The smallest absolute Gasteiger partial charge is 0.0714 e. The van der Waals surface area contributed by atoms with Crippen LogP contribution in [0.15, 0.2) is 255 Å². The summed E-state index contributed by atoms with van der Waals surface area (Å²) in [6.45, 7) is 0. The van der Waals surface area contributed by atoms with Gasteiger partial charge in [-0.3, -0.25) is 0 Å². The highest BCUT2D eigenvalue weighted by atomic mass is 15.1. The van der Waals surface area contributed by atoms with E-state index < -0.39 is 5.41 Å². The SMILES string of the molecule is c1ccc(-c2ccccc2-c2ccc(N(c3ccc(-c4ccc(C5CCCCC5)cc4)cc3)c3ccc4c(c3)C(c3ccccc3)(c3ccccc3)c3cccc(-c5ccccc5)c3-4)cc2)cc1. The van der Waals surface area contributed by atoms with Crippen LogP contribution < -0.4 is 4.90 Å². The van der Waals surface area contributed by atoms with Gasteiger partial charge in [-0.15, -0.1) is 0 Å². The number of hydrogen-bond acceptors (Lipinski definition) is 1. The molecule has 0 radical (unpaired) electrons. The van der Waals surface area contributed by atoms with Gasteiger partial charge in [-0.1, -0.05) is 238 Å². The Balaban J connectivity index is 1.03. The molecule has 68 heavy (non-hydrogen) atoms. The van der Waals surface area contributed by atoms with Crippen LogP contribution in [0.4, 0.5) is 17.1 Å². The Morgan fingerprint density at radius 2 is 0.750 bits per heavy atom. The molecule has 0 aromatic heterocycles. The van der Waals surface area contributed by atoms with Gasteiger partial charge in [0, 0.05) is 17.1 Å². The first-order valence-corrected chi connectivity index (χ1v) is 24.4. The monoisotopic (exact) mass is 871 g/mol. The number of anilines is 3. The van der Waals surface area contributed by atoms with Gasteiger partial charge in [-0.05, 0) is 139 Å². The molecule has 1 fully saturated rings. The van der Waals surface area contributed by atoms with Crippen molar-refractivity contribution < 1.29 is 0 Å². The molecule has 12 rings (SSSR count). The van der Waals surface area contributed by atoms with E-state index in [1.165, 1.54) is 116 Å². The Labute approximate surface area is 401 Å². The Hall–Kier alpha value is -8.00. The van der Waals surface area contributed by atoms with Crippen LogP contribution >= 0.6 is 0 Å². The zero-order valence-corrected chi connectivity index (χ0v) is 38.3. The van der Waals surface area contributed by atoms with E-state index >= 15 is 0 Å². The average Bonchev–Trinajstić information content (AvgIpc) is 3.73. The van der Waals surface area contributed by atoms with Gasteiger partial charge in [-0.25, -0.2) is 0 Å². The molecule has 0 heterocycles. The molecule has 0 unspecified atom stereocenters. The van der Waals surface area contributed by atoms with Gasteiger partial charge in [0.05, 0.1) is 5.41 Å². The maximum atomic E-state index is 2.49. The number of rotatable bonds is 10. The van der Waals surface area contributed by atoms with Crippen molar-refractivity contribution >= 4 is 17.1 Å². The Morgan fingerprint density at radius 1 is 0.309 bits per heavy atom. The molecular weight excluding hydrogens is 819 g/mol. The highest BCUT2D eigenvalue weighted by Gasteiger charge is 2.47. The first-order valence-electron chi connectivity index (χ1n) is 24.4. The van der Waals surface area contributed by atoms with Crippen LogP contribution in [0.5, 0.6) is 0 Å². The van der Waals surface area contributed by atoms with Gasteiger partial charge in [0.15, 0.2) is 0 Å². The van der Waals surface area contributed by atoms with E-state index in [1.54, 1.807) is 0 Å². The summed E-state index contributed by atoms with van der Waals surface area (Å²) >= 11 is 0. The van der Waals surface area contributed by atoms with Crippen LogP contribution in [0.2, 0.25) is 0 Å². The second-order valence-electron chi connectivity index (χ2n) is 18.6. The van der Waals surface area contributed by atoms with Gasteiger partial charge in [0.25, 0.3) is 0 Å². The van der Waals surface area contributed by atoms with Crippen molar-refractivity contribution in [3.05, 3.63) is 283 Å². The van der Waals surface area contributed by atoms with E-state index in [0.29, 0.717) is 5.92 Å². The van der Waals surface area contributed by atoms with Crippen LogP contribution in [-0.2, 0) is 5.41 Å². The maximum absolute atomic E-state index is 2.49. The first-order chi connectivity index (χ1) is 33.7. The number of benzene rings is 10. The van der Waals surface area contributed by atoms with Crippen molar-refractivity contribution in [3.8, 4) is 55.6 Å². The lowest BCUT2D eigenvalue weighted by Crippen LogP contribution is -2.28. The van der Waals surface area contributed by atoms with Gasteiger partial charge in [-0.2, -0.15) is 0 Å². The second-order valence-corrected chi connectivity index (χ2v) is 18.6. The maximum Gasteiger partial charge on any atom is 0.0714 e. The molecular formula is C67H53N. The summed E-state index contributed by atoms with van der Waals surface area (Å²) in [5, 5.41) is 0. The zero-order chi connectivity index (χ0) is 45.3. The van der Waals surface area contributed by atoms with E-state index in [2.05, 4.69) is 260 Å². The molecule has 0 N–H and O–H groups in total. The molecule has 0 aliphatic heterocycles. The van der Waals surface area contributed by atoms with Crippen LogP contribution in [0, 0.1) is 0 Å². The summed E-state index contributed by atoms with van der Waals surface area (Å²) < 4.78 is 0. The predicted octanol–water partition coefficient (Wildman–Crippen LogP) is 18.2. The molecule has 2 aliphatic carbocycles. The van der Waals surface area contributed by atoms with Crippen LogP contribution in [-0.4, -0.2) is 0 Å². The quantitative estimate of drug-likeness (QED) is 0.132. The molecule has 0 bridgehead atoms. The zero-order valence-electron chi connectivity index (χ0n) is 38.3. The average molecular weight is 872 g/mol. The molecule has 0 saturated heterocycles. The molecule has 1 nitrogen and oxygen atoms in total. The lowest BCUT2D eigenvalue weighted by molar-refractivity contribution is 0.443. The van der Waals surface area contributed by atoms with E-state index in [1.807, 2.05) is 0 Å². The molecule has 1 heteroatoms. The van der Waals surface area contributed by atoms with E-state index in [-0.39, 0.29) is 0 Å². The third kappa shape index (κ3) is 7.36. The Morgan fingerprint density at radius 3 is 1.31 bits per heavy atom. The van der Waals surface area contributed by atoms with Gasteiger partial charge < -0.3 is 4.90 Å². The first kappa shape index (κ1) is 41.4.